The summed E-state index contributed by atoms with van der Waals surface area (Å²) in [4.78, 5) is 4.47. The molecule has 2 heteroatoms. The minimum atomic E-state index is 0.489. The van der Waals surface area contributed by atoms with E-state index in [0.717, 1.165) is 5.69 Å². The summed E-state index contributed by atoms with van der Waals surface area (Å²) in [6.45, 7) is 7.13. The van der Waals surface area contributed by atoms with E-state index >= 15 is 0 Å². The van der Waals surface area contributed by atoms with Crippen LogP contribution < -0.4 is 0 Å². The monoisotopic (exact) mass is 229 g/mol. The summed E-state index contributed by atoms with van der Waals surface area (Å²) in [5, 5.41) is 2.55. The average molecular weight is 229 g/mol. The molecule has 1 aromatic heterocycles. The molecule has 90 valence electrons. The Kier molecular flexibility index (Phi) is 3.43. The number of benzene rings is 1. The summed E-state index contributed by atoms with van der Waals surface area (Å²) in [7, 11) is 1.73. The molecule has 2 nitrogen and oxygen atoms in total. The fraction of sp³-hybridized carbons (Fsp3) is 0.400. The van der Waals surface area contributed by atoms with Gasteiger partial charge >= 0.3 is 0 Å². The number of pyridine rings is 1. The lowest BCUT2D eigenvalue weighted by Crippen LogP contribution is -1.96. The van der Waals surface area contributed by atoms with Crippen LogP contribution in [0.4, 0.5) is 0 Å². The molecule has 0 aliphatic heterocycles. The van der Waals surface area contributed by atoms with Gasteiger partial charge in [0.25, 0.3) is 0 Å². The van der Waals surface area contributed by atoms with Crippen LogP contribution in [0.5, 0.6) is 0 Å². The zero-order valence-electron chi connectivity index (χ0n) is 10.9. The van der Waals surface area contributed by atoms with Gasteiger partial charge in [0.05, 0.1) is 6.61 Å². The molecule has 0 saturated carbocycles. The van der Waals surface area contributed by atoms with E-state index in [2.05, 4.69) is 44.0 Å². The summed E-state index contributed by atoms with van der Waals surface area (Å²) in [6, 6.07) is 6.49. The highest BCUT2D eigenvalue weighted by Crippen LogP contribution is 2.27. The molecule has 0 N–H and O–H groups in total. The molecule has 2 rings (SSSR count). The van der Waals surface area contributed by atoms with Gasteiger partial charge in [0.1, 0.15) is 0 Å². The lowest BCUT2D eigenvalue weighted by atomic mass is 9.96. The van der Waals surface area contributed by atoms with E-state index in [1.165, 1.54) is 21.9 Å². The Bertz CT molecular complexity index is 532. The van der Waals surface area contributed by atoms with Crippen LogP contribution in [0.1, 0.15) is 36.6 Å². The van der Waals surface area contributed by atoms with Crippen molar-refractivity contribution in [3.05, 3.63) is 41.2 Å². The fourth-order valence-electron chi connectivity index (χ4n) is 2.17. The quantitative estimate of drug-likeness (QED) is 0.798. The van der Waals surface area contributed by atoms with Crippen molar-refractivity contribution in [3.8, 4) is 0 Å². The van der Waals surface area contributed by atoms with Gasteiger partial charge in [-0.3, -0.25) is 4.98 Å². The Balaban J connectivity index is 2.67. The van der Waals surface area contributed by atoms with Gasteiger partial charge in [-0.1, -0.05) is 26.0 Å². The van der Waals surface area contributed by atoms with E-state index in [-0.39, 0.29) is 0 Å². The second-order valence-electron chi connectivity index (χ2n) is 4.77. The number of rotatable bonds is 3. The molecule has 0 spiro atoms. The van der Waals surface area contributed by atoms with Crippen molar-refractivity contribution in [2.24, 2.45) is 0 Å². The fourth-order valence-corrected chi connectivity index (χ4v) is 2.17. The van der Waals surface area contributed by atoms with Crippen molar-refractivity contribution in [1.29, 1.82) is 0 Å². The van der Waals surface area contributed by atoms with Crippen LogP contribution in [-0.2, 0) is 11.3 Å². The SMILES string of the molecule is COCc1ccc2c(C)ncc(C(C)C)c2c1. The van der Waals surface area contributed by atoms with Crippen LogP contribution >= 0.6 is 0 Å². The molecule has 0 radical (unpaired) electrons. The van der Waals surface area contributed by atoms with Crippen LogP contribution in [0.25, 0.3) is 10.8 Å². The van der Waals surface area contributed by atoms with Crippen molar-refractivity contribution >= 4 is 10.8 Å². The Labute approximate surface area is 103 Å². The molecule has 1 heterocycles. The zero-order valence-corrected chi connectivity index (χ0v) is 10.9. The zero-order chi connectivity index (χ0) is 12.4. The first-order valence-electron chi connectivity index (χ1n) is 6.00. The van der Waals surface area contributed by atoms with E-state index < -0.39 is 0 Å². The molecular weight excluding hydrogens is 210 g/mol. The Hall–Kier alpha value is -1.41. The molecule has 0 saturated heterocycles. The van der Waals surface area contributed by atoms with Crippen molar-refractivity contribution in [1.82, 2.24) is 4.98 Å². The third-order valence-electron chi connectivity index (χ3n) is 3.12. The first-order chi connectivity index (χ1) is 8.13. The average Bonchev–Trinajstić information content (AvgIpc) is 2.29. The largest absolute Gasteiger partial charge is 0.380 e. The van der Waals surface area contributed by atoms with Gasteiger partial charge in [-0.15, -0.1) is 0 Å². The van der Waals surface area contributed by atoms with Gasteiger partial charge in [-0.2, -0.15) is 0 Å². The maximum absolute atomic E-state index is 5.19. The Morgan fingerprint density at radius 2 is 2.00 bits per heavy atom. The van der Waals surface area contributed by atoms with Gasteiger partial charge in [-0.25, -0.2) is 0 Å². The van der Waals surface area contributed by atoms with Crippen LogP contribution in [0.3, 0.4) is 0 Å². The van der Waals surface area contributed by atoms with E-state index in [0.29, 0.717) is 12.5 Å². The maximum Gasteiger partial charge on any atom is 0.0713 e. The minimum absolute atomic E-state index is 0.489. The second kappa shape index (κ2) is 4.84. The predicted octanol–water partition coefficient (Wildman–Crippen LogP) is 3.81. The summed E-state index contributed by atoms with van der Waals surface area (Å²) in [5.41, 5.74) is 3.62. The third-order valence-corrected chi connectivity index (χ3v) is 3.12. The molecule has 0 fully saturated rings. The number of aryl methyl sites for hydroxylation is 1. The number of nitrogens with zero attached hydrogens (tertiary/aromatic N) is 1. The highest BCUT2D eigenvalue weighted by Gasteiger charge is 2.08. The standard InChI is InChI=1S/C15H19NO/c1-10(2)15-8-16-11(3)13-6-5-12(9-17-4)7-14(13)15/h5-8,10H,9H2,1-4H3. The molecule has 0 aliphatic rings. The lowest BCUT2D eigenvalue weighted by Gasteiger charge is -2.12. The Morgan fingerprint density at radius 1 is 1.24 bits per heavy atom. The van der Waals surface area contributed by atoms with Crippen LogP contribution in [-0.4, -0.2) is 12.1 Å². The Morgan fingerprint density at radius 3 is 2.65 bits per heavy atom. The van der Waals surface area contributed by atoms with Gasteiger partial charge in [0, 0.05) is 24.4 Å². The van der Waals surface area contributed by atoms with Gasteiger partial charge in [-0.05, 0) is 35.4 Å². The third kappa shape index (κ3) is 2.32. The molecule has 0 aliphatic carbocycles. The summed E-state index contributed by atoms with van der Waals surface area (Å²) in [6.07, 6.45) is 2.00. The van der Waals surface area contributed by atoms with Crippen LogP contribution in [0, 0.1) is 6.92 Å². The van der Waals surface area contributed by atoms with Gasteiger partial charge in [0.15, 0.2) is 0 Å². The topological polar surface area (TPSA) is 22.1 Å². The van der Waals surface area contributed by atoms with E-state index in [1.54, 1.807) is 7.11 Å². The number of fused-ring (bicyclic) bond motifs is 1. The van der Waals surface area contributed by atoms with Crippen molar-refractivity contribution in [2.75, 3.05) is 7.11 Å². The predicted molar refractivity (Wildman–Crippen MR) is 71.3 cm³/mol. The van der Waals surface area contributed by atoms with Crippen LogP contribution in [0.2, 0.25) is 0 Å². The van der Waals surface area contributed by atoms with E-state index in [4.69, 9.17) is 4.74 Å². The molecule has 1 aromatic carbocycles. The lowest BCUT2D eigenvalue weighted by molar-refractivity contribution is 0.185. The molecule has 2 aromatic rings. The number of hydrogen-bond donors (Lipinski definition) is 0. The number of hydrogen-bond acceptors (Lipinski definition) is 2. The minimum Gasteiger partial charge on any atom is -0.380 e. The van der Waals surface area contributed by atoms with E-state index in [9.17, 15) is 0 Å². The first-order valence-corrected chi connectivity index (χ1v) is 6.00. The maximum atomic E-state index is 5.19. The molecule has 0 atom stereocenters. The highest BCUT2D eigenvalue weighted by molar-refractivity contribution is 5.88. The van der Waals surface area contributed by atoms with Crippen molar-refractivity contribution in [3.63, 3.8) is 0 Å². The van der Waals surface area contributed by atoms with Crippen LogP contribution in [0.15, 0.2) is 24.4 Å². The molecule has 0 amide bonds. The first kappa shape index (κ1) is 12.1. The molecule has 0 bridgehead atoms. The summed E-state index contributed by atoms with van der Waals surface area (Å²) in [5.74, 6) is 0.489. The smallest absolute Gasteiger partial charge is 0.0713 e. The van der Waals surface area contributed by atoms with Crippen molar-refractivity contribution < 1.29 is 4.74 Å². The van der Waals surface area contributed by atoms with Gasteiger partial charge < -0.3 is 4.74 Å². The molecule has 0 unspecified atom stereocenters. The summed E-state index contributed by atoms with van der Waals surface area (Å²) < 4.78 is 5.19. The highest BCUT2D eigenvalue weighted by atomic mass is 16.5. The van der Waals surface area contributed by atoms with Gasteiger partial charge in [0.2, 0.25) is 0 Å². The molecular formula is C15H19NO. The normalized spacial score (nSPS) is 11.4. The molecule has 17 heavy (non-hydrogen) atoms. The second-order valence-corrected chi connectivity index (χ2v) is 4.77. The van der Waals surface area contributed by atoms with Crippen molar-refractivity contribution in [2.45, 2.75) is 33.3 Å². The number of aromatic nitrogens is 1. The van der Waals surface area contributed by atoms with E-state index in [1.807, 2.05) is 6.20 Å². The summed E-state index contributed by atoms with van der Waals surface area (Å²) >= 11 is 0. The number of methoxy groups -OCH3 is 1. The number of ether oxygens (including phenoxy) is 1.